The van der Waals surface area contributed by atoms with Crippen LogP contribution in [0.3, 0.4) is 0 Å². The van der Waals surface area contributed by atoms with Crippen molar-refractivity contribution in [3.05, 3.63) is 51.1 Å². The number of nitro benzene ring substituents is 1. The highest BCUT2D eigenvalue weighted by Crippen LogP contribution is 2.28. The zero-order valence-corrected chi connectivity index (χ0v) is 15.0. The quantitative estimate of drug-likeness (QED) is 0.555. The van der Waals surface area contributed by atoms with Gasteiger partial charge in [0, 0.05) is 35.6 Å². The van der Waals surface area contributed by atoms with E-state index in [0.29, 0.717) is 21.1 Å². The molecule has 3 rings (SSSR count). The highest BCUT2D eigenvalue weighted by molar-refractivity contribution is 7.19. The number of fused-ring (bicyclic) bond motifs is 1. The molecule has 25 heavy (non-hydrogen) atoms. The molecule has 0 saturated heterocycles. The number of nitrogens with one attached hydrogen (secondary N) is 1. The molecule has 0 saturated carbocycles. The standard InChI is InChI=1S/C17H18N4O3S/c1-4-10(2)18-16(22)15-11(3)20-9-14(19-17(20)25-15)12-6-5-7-13(8-12)21(23)24/h5-10H,4H2,1-3H3,(H,18,22)/t10-/m0/s1. The van der Waals surface area contributed by atoms with Crippen molar-refractivity contribution in [1.29, 1.82) is 0 Å². The van der Waals surface area contributed by atoms with E-state index in [4.69, 9.17) is 0 Å². The number of nitro groups is 1. The summed E-state index contributed by atoms with van der Waals surface area (Å²) in [7, 11) is 0. The molecule has 0 fully saturated rings. The Labute approximate surface area is 148 Å². The predicted molar refractivity (Wildman–Crippen MR) is 97.1 cm³/mol. The van der Waals surface area contributed by atoms with Crippen LogP contribution in [0.25, 0.3) is 16.2 Å². The number of aryl methyl sites for hydroxylation is 1. The number of aromatic nitrogens is 2. The van der Waals surface area contributed by atoms with Crippen molar-refractivity contribution in [3.63, 3.8) is 0 Å². The first-order valence-electron chi connectivity index (χ1n) is 7.95. The van der Waals surface area contributed by atoms with Gasteiger partial charge in [0.05, 0.1) is 10.6 Å². The molecule has 2 aromatic heterocycles. The van der Waals surface area contributed by atoms with E-state index in [1.165, 1.54) is 23.5 Å². The number of hydrogen-bond donors (Lipinski definition) is 1. The normalized spacial score (nSPS) is 12.3. The molecular formula is C17H18N4O3S. The average Bonchev–Trinajstić information content (AvgIpc) is 3.14. The summed E-state index contributed by atoms with van der Waals surface area (Å²) in [6.45, 7) is 5.85. The van der Waals surface area contributed by atoms with E-state index in [2.05, 4.69) is 10.3 Å². The second-order valence-corrected chi connectivity index (χ2v) is 6.86. The molecule has 8 heteroatoms. The van der Waals surface area contributed by atoms with Crippen LogP contribution in [0.1, 0.15) is 35.6 Å². The van der Waals surface area contributed by atoms with Gasteiger partial charge in [0.25, 0.3) is 11.6 Å². The van der Waals surface area contributed by atoms with E-state index >= 15 is 0 Å². The molecule has 0 aliphatic carbocycles. The maximum absolute atomic E-state index is 12.4. The molecule has 7 nitrogen and oxygen atoms in total. The van der Waals surface area contributed by atoms with Crippen molar-refractivity contribution < 1.29 is 9.72 Å². The lowest BCUT2D eigenvalue weighted by atomic mass is 10.1. The lowest BCUT2D eigenvalue weighted by Gasteiger charge is -2.10. The number of thiazole rings is 1. The molecule has 1 amide bonds. The van der Waals surface area contributed by atoms with Crippen LogP contribution in [0.5, 0.6) is 0 Å². The molecule has 0 spiro atoms. The third-order valence-electron chi connectivity index (χ3n) is 4.11. The average molecular weight is 358 g/mol. The molecule has 0 radical (unpaired) electrons. The third kappa shape index (κ3) is 3.25. The summed E-state index contributed by atoms with van der Waals surface area (Å²) in [5.74, 6) is -0.0979. The first-order valence-corrected chi connectivity index (χ1v) is 8.76. The van der Waals surface area contributed by atoms with E-state index in [9.17, 15) is 14.9 Å². The van der Waals surface area contributed by atoms with Gasteiger partial charge in [-0.15, -0.1) is 0 Å². The summed E-state index contributed by atoms with van der Waals surface area (Å²) < 4.78 is 1.85. The van der Waals surface area contributed by atoms with Crippen LogP contribution in [-0.2, 0) is 0 Å². The van der Waals surface area contributed by atoms with Gasteiger partial charge in [0.1, 0.15) is 4.88 Å². The number of benzene rings is 1. The Hall–Kier alpha value is -2.74. The second-order valence-electron chi connectivity index (χ2n) is 5.89. The number of imidazole rings is 1. The highest BCUT2D eigenvalue weighted by atomic mass is 32.1. The zero-order valence-electron chi connectivity index (χ0n) is 14.1. The smallest absolute Gasteiger partial charge is 0.270 e. The fraction of sp³-hybridized carbons (Fsp3) is 0.294. The summed E-state index contributed by atoms with van der Waals surface area (Å²) in [4.78, 5) is 28.7. The van der Waals surface area contributed by atoms with Crippen LogP contribution in [0.4, 0.5) is 5.69 Å². The van der Waals surface area contributed by atoms with Crippen molar-refractivity contribution in [2.75, 3.05) is 0 Å². The number of hydrogen-bond acceptors (Lipinski definition) is 5. The number of nitrogens with zero attached hydrogens (tertiary/aromatic N) is 3. The van der Waals surface area contributed by atoms with Crippen LogP contribution in [-0.4, -0.2) is 26.3 Å². The van der Waals surface area contributed by atoms with Crippen molar-refractivity contribution in [1.82, 2.24) is 14.7 Å². The van der Waals surface area contributed by atoms with E-state index in [1.54, 1.807) is 18.3 Å². The van der Waals surface area contributed by atoms with E-state index in [0.717, 1.165) is 12.1 Å². The maximum atomic E-state index is 12.4. The molecule has 130 valence electrons. The van der Waals surface area contributed by atoms with Crippen molar-refractivity contribution in [3.8, 4) is 11.3 Å². The van der Waals surface area contributed by atoms with Gasteiger partial charge in [-0.1, -0.05) is 30.4 Å². The molecule has 3 aromatic rings. The summed E-state index contributed by atoms with van der Waals surface area (Å²) in [6, 6.07) is 6.48. The minimum Gasteiger partial charge on any atom is -0.349 e. The first kappa shape index (κ1) is 17.1. The zero-order chi connectivity index (χ0) is 18.1. The first-order chi connectivity index (χ1) is 11.9. The second kappa shape index (κ2) is 6.64. The largest absolute Gasteiger partial charge is 0.349 e. The summed E-state index contributed by atoms with van der Waals surface area (Å²) in [6.07, 6.45) is 2.67. The van der Waals surface area contributed by atoms with E-state index < -0.39 is 4.92 Å². The van der Waals surface area contributed by atoms with Gasteiger partial charge in [-0.05, 0) is 20.3 Å². The van der Waals surface area contributed by atoms with Gasteiger partial charge in [-0.2, -0.15) is 0 Å². The van der Waals surface area contributed by atoms with E-state index in [1.807, 2.05) is 25.2 Å². The maximum Gasteiger partial charge on any atom is 0.270 e. The van der Waals surface area contributed by atoms with Crippen molar-refractivity contribution in [2.24, 2.45) is 0 Å². The Morgan fingerprint density at radius 3 is 2.88 bits per heavy atom. The number of non-ortho nitro benzene ring substituents is 1. The molecule has 1 aromatic carbocycles. The Kier molecular flexibility index (Phi) is 4.54. The highest BCUT2D eigenvalue weighted by Gasteiger charge is 2.19. The number of amides is 1. The topological polar surface area (TPSA) is 89.5 Å². The lowest BCUT2D eigenvalue weighted by molar-refractivity contribution is -0.384. The van der Waals surface area contributed by atoms with Gasteiger partial charge < -0.3 is 5.32 Å². The predicted octanol–water partition coefficient (Wildman–Crippen LogP) is 3.81. The van der Waals surface area contributed by atoms with Crippen LogP contribution >= 0.6 is 11.3 Å². The minimum atomic E-state index is -0.426. The summed E-state index contributed by atoms with van der Waals surface area (Å²) >= 11 is 1.32. The van der Waals surface area contributed by atoms with E-state index in [-0.39, 0.29) is 17.6 Å². The fourth-order valence-electron chi connectivity index (χ4n) is 2.47. The molecule has 1 atom stereocenters. The molecule has 0 aliphatic rings. The van der Waals surface area contributed by atoms with Crippen molar-refractivity contribution in [2.45, 2.75) is 33.2 Å². The third-order valence-corrected chi connectivity index (χ3v) is 5.26. The monoisotopic (exact) mass is 358 g/mol. The van der Waals surface area contributed by atoms with Crippen LogP contribution in [0.15, 0.2) is 30.5 Å². The van der Waals surface area contributed by atoms with Gasteiger partial charge in [0.2, 0.25) is 0 Å². The molecular weight excluding hydrogens is 340 g/mol. The summed E-state index contributed by atoms with van der Waals surface area (Å²) in [5.41, 5.74) is 2.16. The van der Waals surface area contributed by atoms with Crippen LogP contribution in [0, 0.1) is 17.0 Å². The molecule has 0 unspecified atom stereocenters. The van der Waals surface area contributed by atoms with Gasteiger partial charge >= 0.3 is 0 Å². The molecule has 0 bridgehead atoms. The minimum absolute atomic E-state index is 0.0270. The number of carbonyl (C=O) groups is 1. The molecule has 2 heterocycles. The Morgan fingerprint density at radius 1 is 1.48 bits per heavy atom. The lowest BCUT2D eigenvalue weighted by Crippen LogP contribution is -2.31. The fourth-order valence-corrected chi connectivity index (χ4v) is 3.48. The Balaban J connectivity index is 1.96. The SMILES string of the molecule is CC[C@H](C)NC(=O)c1sc2nc(-c3cccc([N+](=O)[O-])c3)cn2c1C. The van der Waals surface area contributed by atoms with Gasteiger partial charge in [0.15, 0.2) is 4.96 Å². The summed E-state index contributed by atoms with van der Waals surface area (Å²) in [5, 5.41) is 13.9. The Morgan fingerprint density at radius 2 is 2.24 bits per heavy atom. The molecule has 1 N–H and O–H groups in total. The van der Waals surface area contributed by atoms with Crippen LogP contribution in [0.2, 0.25) is 0 Å². The number of carbonyl (C=O) groups excluding carboxylic acids is 1. The van der Waals surface area contributed by atoms with Gasteiger partial charge in [-0.3, -0.25) is 19.3 Å². The van der Waals surface area contributed by atoms with Crippen molar-refractivity contribution >= 4 is 27.9 Å². The Bertz CT molecular complexity index is 960. The van der Waals surface area contributed by atoms with Gasteiger partial charge in [-0.25, -0.2) is 4.98 Å². The number of rotatable bonds is 5. The van der Waals surface area contributed by atoms with Crippen LogP contribution < -0.4 is 5.32 Å². The molecule has 0 aliphatic heterocycles.